The van der Waals surface area contributed by atoms with Crippen LogP contribution in [0.5, 0.6) is 0 Å². The molecule has 5 heteroatoms. The van der Waals surface area contributed by atoms with Gasteiger partial charge in [0, 0.05) is 0 Å². The summed E-state index contributed by atoms with van der Waals surface area (Å²) in [7, 11) is 0. The Morgan fingerprint density at radius 3 is 2.62 bits per heavy atom. The lowest BCUT2D eigenvalue weighted by Gasteiger charge is -2.26. The van der Waals surface area contributed by atoms with Crippen molar-refractivity contribution >= 4 is 17.5 Å². The van der Waals surface area contributed by atoms with E-state index >= 15 is 0 Å². The molecule has 2 saturated heterocycles. The van der Waals surface area contributed by atoms with Gasteiger partial charge in [0.05, 0.1) is 30.2 Å². The highest BCUT2D eigenvalue weighted by Gasteiger charge is 2.67. The minimum Gasteiger partial charge on any atom is -0.393 e. The van der Waals surface area contributed by atoms with E-state index in [1.54, 1.807) is 24.3 Å². The summed E-state index contributed by atoms with van der Waals surface area (Å²) in [4.78, 5) is 26.6. The van der Waals surface area contributed by atoms with Gasteiger partial charge in [-0.3, -0.25) is 9.59 Å². The van der Waals surface area contributed by atoms with Crippen LogP contribution in [0.2, 0.25) is 0 Å². The number of ether oxygens (including phenoxy) is 1. The van der Waals surface area contributed by atoms with Gasteiger partial charge in [0.1, 0.15) is 5.60 Å². The average Bonchev–Trinajstić information content (AvgIpc) is 3.12. The first kappa shape index (κ1) is 12.7. The average molecular weight is 285 g/mol. The predicted octanol–water partition coefficient (Wildman–Crippen LogP) is 0.800. The summed E-state index contributed by atoms with van der Waals surface area (Å²) in [6, 6.07) is 7.28. The summed E-state index contributed by atoms with van der Waals surface area (Å²) in [6.07, 6.45) is 3.10. The maximum Gasteiger partial charge on any atom is 0.241 e. The second kappa shape index (κ2) is 4.02. The molecule has 0 spiro atoms. The van der Waals surface area contributed by atoms with Crippen molar-refractivity contribution in [2.24, 2.45) is 11.8 Å². The van der Waals surface area contributed by atoms with Gasteiger partial charge < -0.3 is 9.84 Å². The molecule has 0 unspecified atom stereocenters. The van der Waals surface area contributed by atoms with Crippen LogP contribution in [-0.4, -0.2) is 35.2 Å². The zero-order valence-corrected chi connectivity index (χ0v) is 11.5. The molecule has 2 amide bonds. The van der Waals surface area contributed by atoms with Crippen LogP contribution in [0.15, 0.2) is 36.4 Å². The van der Waals surface area contributed by atoms with Crippen LogP contribution in [0.1, 0.15) is 5.56 Å². The van der Waals surface area contributed by atoms with Crippen LogP contribution in [0.25, 0.3) is 0 Å². The monoisotopic (exact) mass is 285 g/mol. The molecule has 108 valence electrons. The molecule has 3 heterocycles. The molecule has 2 fully saturated rings. The molecule has 5 nitrogen and oxygen atoms in total. The van der Waals surface area contributed by atoms with Gasteiger partial charge in [0.15, 0.2) is 0 Å². The number of hydrogen-bond donors (Lipinski definition) is 1. The van der Waals surface area contributed by atoms with E-state index < -0.39 is 23.5 Å². The second-order valence-electron chi connectivity index (χ2n) is 5.91. The number of anilines is 1. The highest BCUT2D eigenvalue weighted by Crippen LogP contribution is 2.52. The van der Waals surface area contributed by atoms with Crippen molar-refractivity contribution in [3.63, 3.8) is 0 Å². The van der Waals surface area contributed by atoms with Crippen LogP contribution in [0, 0.1) is 18.8 Å². The van der Waals surface area contributed by atoms with Gasteiger partial charge in [0.25, 0.3) is 0 Å². The number of hydrogen-bond acceptors (Lipinski definition) is 4. The normalized spacial score (nSPS) is 36.7. The quantitative estimate of drug-likeness (QED) is 0.645. The SMILES string of the molecule is Cc1ccc(N2C(=O)[C@H]3[C@@H](C2=O)[C@]2(CO)C=C[C@H]3O2)cc1. The Hall–Kier alpha value is -1.98. The second-order valence-corrected chi connectivity index (χ2v) is 5.91. The molecule has 3 aliphatic rings. The van der Waals surface area contributed by atoms with E-state index in [2.05, 4.69) is 0 Å². The standard InChI is InChI=1S/C16H15NO4/c1-9-2-4-10(5-3-9)17-14(19)12-11-6-7-16(8-18,21-11)13(12)15(17)20/h2-7,11-13,18H,8H2,1H3/t11-,12-,13+,16-/m1/s1. The molecule has 1 N–H and O–H groups in total. The summed E-state index contributed by atoms with van der Waals surface area (Å²) in [5.74, 6) is -1.66. The van der Waals surface area contributed by atoms with E-state index in [1.807, 2.05) is 19.1 Å². The number of aryl methyl sites for hydroxylation is 1. The summed E-state index contributed by atoms with van der Waals surface area (Å²) in [5.41, 5.74) is 0.619. The lowest BCUT2D eigenvalue weighted by atomic mass is 9.77. The fraction of sp³-hybridized carbons (Fsp3) is 0.375. The van der Waals surface area contributed by atoms with Crippen molar-refractivity contribution in [3.05, 3.63) is 42.0 Å². The molecular formula is C16H15NO4. The Bertz CT molecular complexity index is 665. The summed E-state index contributed by atoms with van der Waals surface area (Å²) < 4.78 is 5.69. The first-order valence-corrected chi connectivity index (χ1v) is 7.00. The number of fused-ring (bicyclic) bond motifs is 5. The number of amides is 2. The first-order valence-electron chi connectivity index (χ1n) is 7.00. The van der Waals surface area contributed by atoms with Crippen LogP contribution < -0.4 is 4.90 Å². The minimum atomic E-state index is -1.03. The molecule has 0 saturated carbocycles. The van der Waals surface area contributed by atoms with E-state index in [9.17, 15) is 14.7 Å². The molecular weight excluding hydrogens is 270 g/mol. The third-order valence-corrected chi connectivity index (χ3v) is 4.69. The summed E-state index contributed by atoms with van der Waals surface area (Å²) in [5, 5.41) is 9.63. The van der Waals surface area contributed by atoms with Gasteiger partial charge in [-0.1, -0.05) is 29.8 Å². The third-order valence-electron chi connectivity index (χ3n) is 4.69. The van der Waals surface area contributed by atoms with Gasteiger partial charge in [-0.25, -0.2) is 4.90 Å². The Kier molecular flexibility index (Phi) is 2.44. The fourth-order valence-corrected chi connectivity index (χ4v) is 3.63. The molecule has 21 heavy (non-hydrogen) atoms. The van der Waals surface area contributed by atoms with Crippen LogP contribution in [0.3, 0.4) is 0 Å². The van der Waals surface area contributed by atoms with Crippen molar-refractivity contribution in [2.45, 2.75) is 18.6 Å². The van der Waals surface area contributed by atoms with Gasteiger partial charge in [0.2, 0.25) is 11.8 Å². The Morgan fingerprint density at radius 2 is 1.95 bits per heavy atom. The number of aliphatic hydroxyl groups excluding tert-OH is 1. The smallest absolute Gasteiger partial charge is 0.241 e. The van der Waals surface area contributed by atoms with Crippen LogP contribution >= 0.6 is 0 Å². The summed E-state index contributed by atoms with van der Waals surface area (Å²) >= 11 is 0. The van der Waals surface area contributed by atoms with Crippen LogP contribution in [0.4, 0.5) is 5.69 Å². The lowest BCUT2D eigenvalue weighted by molar-refractivity contribution is -0.128. The number of benzene rings is 1. The Labute approximate surface area is 121 Å². The molecule has 4 atom stereocenters. The molecule has 4 rings (SSSR count). The molecule has 0 aromatic heterocycles. The van der Waals surface area contributed by atoms with E-state index in [0.29, 0.717) is 5.69 Å². The van der Waals surface area contributed by atoms with Gasteiger partial charge in [-0.05, 0) is 19.1 Å². The molecule has 0 aliphatic carbocycles. The van der Waals surface area contributed by atoms with Crippen molar-refractivity contribution in [2.75, 3.05) is 11.5 Å². The minimum absolute atomic E-state index is 0.237. The lowest BCUT2D eigenvalue weighted by Crippen LogP contribution is -2.43. The summed E-state index contributed by atoms with van der Waals surface area (Å²) in [6.45, 7) is 1.66. The first-order chi connectivity index (χ1) is 10.1. The Morgan fingerprint density at radius 1 is 1.24 bits per heavy atom. The van der Waals surface area contributed by atoms with Crippen molar-refractivity contribution in [3.8, 4) is 0 Å². The van der Waals surface area contributed by atoms with Crippen molar-refractivity contribution in [1.82, 2.24) is 0 Å². The maximum atomic E-state index is 12.7. The zero-order valence-electron chi connectivity index (χ0n) is 11.5. The van der Waals surface area contributed by atoms with E-state index in [4.69, 9.17) is 4.74 Å². The maximum absolute atomic E-state index is 12.7. The number of aliphatic hydroxyl groups is 1. The third kappa shape index (κ3) is 1.47. The fourth-order valence-electron chi connectivity index (χ4n) is 3.63. The van der Waals surface area contributed by atoms with Crippen LogP contribution in [-0.2, 0) is 14.3 Å². The number of carbonyl (C=O) groups excluding carboxylic acids is 2. The van der Waals surface area contributed by atoms with Gasteiger partial charge in [-0.15, -0.1) is 0 Å². The topological polar surface area (TPSA) is 66.8 Å². The number of nitrogens with zero attached hydrogens (tertiary/aromatic N) is 1. The van der Waals surface area contributed by atoms with Gasteiger partial charge in [-0.2, -0.15) is 0 Å². The van der Waals surface area contributed by atoms with E-state index in [0.717, 1.165) is 5.56 Å². The molecule has 3 aliphatic heterocycles. The zero-order chi connectivity index (χ0) is 14.8. The number of carbonyl (C=O) groups is 2. The van der Waals surface area contributed by atoms with E-state index in [1.165, 1.54) is 4.90 Å². The van der Waals surface area contributed by atoms with Gasteiger partial charge >= 0.3 is 0 Å². The molecule has 1 aromatic rings. The van der Waals surface area contributed by atoms with Crippen molar-refractivity contribution in [1.29, 1.82) is 0 Å². The highest BCUT2D eigenvalue weighted by atomic mass is 16.5. The largest absolute Gasteiger partial charge is 0.393 e. The molecule has 1 aromatic carbocycles. The number of rotatable bonds is 2. The van der Waals surface area contributed by atoms with E-state index in [-0.39, 0.29) is 18.4 Å². The Balaban J connectivity index is 1.77. The predicted molar refractivity (Wildman–Crippen MR) is 74.5 cm³/mol. The van der Waals surface area contributed by atoms with Crippen molar-refractivity contribution < 1.29 is 19.4 Å². The molecule has 2 bridgehead atoms. The number of imide groups is 1. The highest BCUT2D eigenvalue weighted by molar-refractivity contribution is 6.23. The molecule has 0 radical (unpaired) electrons.